The quantitative estimate of drug-likeness (QED) is 0.558. The molecule has 0 bridgehead atoms. The molecule has 5 heteroatoms. The third kappa shape index (κ3) is 3.33. The summed E-state index contributed by atoms with van der Waals surface area (Å²) in [5.41, 5.74) is 4.79. The Kier molecular flexibility index (Phi) is 4.56. The van der Waals surface area contributed by atoms with Gasteiger partial charge in [-0.15, -0.1) is 0 Å². The number of nitrogens with two attached hydrogens (primary N) is 1. The standard InChI is InChI=1S/C9H19N3O2/c1-6(7(13)11-4)12-8(14)9(2,3)5-10/h6H,5,10H2,1-4H3,(H,11,13)(H,12,14). The van der Waals surface area contributed by atoms with Gasteiger partial charge in [0.2, 0.25) is 11.8 Å². The van der Waals surface area contributed by atoms with Crippen LogP contribution in [0.4, 0.5) is 0 Å². The Morgan fingerprint density at radius 2 is 1.93 bits per heavy atom. The van der Waals surface area contributed by atoms with E-state index in [0.717, 1.165) is 0 Å². The SMILES string of the molecule is CNC(=O)C(C)NC(=O)C(C)(C)CN. The third-order valence-electron chi connectivity index (χ3n) is 2.11. The number of hydrogen-bond donors (Lipinski definition) is 3. The molecule has 5 nitrogen and oxygen atoms in total. The van der Waals surface area contributed by atoms with Crippen LogP contribution in [0.5, 0.6) is 0 Å². The van der Waals surface area contributed by atoms with Crippen molar-refractivity contribution in [2.24, 2.45) is 11.1 Å². The average Bonchev–Trinajstić information content (AvgIpc) is 2.16. The van der Waals surface area contributed by atoms with Crippen LogP contribution in [0, 0.1) is 5.41 Å². The van der Waals surface area contributed by atoms with Gasteiger partial charge in [-0.25, -0.2) is 0 Å². The van der Waals surface area contributed by atoms with Gasteiger partial charge in [0, 0.05) is 13.6 Å². The summed E-state index contributed by atoms with van der Waals surface area (Å²) in [5, 5.41) is 5.05. The molecule has 0 aromatic carbocycles. The molecule has 0 fully saturated rings. The summed E-state index contributed by atoms with van der Waals surface area (Å²) >= 11 is 0. The molecule has 0 aliphatic heterocycles. The maximum absolute atomic E-state index is 11.6. The van der Waals surface area contributed by atoms with Crippen LogP contribution in [0.3, 0.4) is 0 Å². The molecule has 1 atom stereocenters. The van der Waals surface area contributed by atoms with Crippen molar-refractivity contribution >= 4 is 11.8 Å². The van der Waals surface area contributed by atoms with Gasteiger partial charge in [-0.05, 0) is 20.8 Å². The van der Waals surface area contributed by atoms with Gasteiger partial charge in [0.05, 0.1) is 5.41 Å². The molecule has 0 aromatic rings. The van der Waals surface area contributed by atoms with Crippen LogP contribution in [0.1, 0.15) is 20.8 Å². The first kappa shape index (κ1) is 12.9. The molecule has 0 heterocycles. The maximum Gasteiger partial charge on any atom is 0.242 e. The number of carbonyl (C=O) groups excluding carboxylic acids is 2. The zero-order valence-electron chi connectivity index (χ0n) is 9.18. The zero-order chi connectivity index (χ0) is 11.4. The van der Waals surface area contributed by atoms with E-state index in [4.69, 9.17) is 5.73 Å². The smallest absolute Gasteiger partial charge is 0.242 e. The van der Waals surface area contributed by atoms with E-state index in [9.17, 15) is 9.59 Å². The Morgan fingerprint density at radius 1 is 1.43 bits per heavy atom. The Bertz CT molecular complexity index is 226. The van der Waals surface area contributed by atoms with E-state index in [-0.39, 0.29) is 18.4 Å². The number of rotatable bonds is 4. The van der Waals surface area contributed by atoms with Gasteiger partial charge in [-0.1, -0.05) is 0 Å². The molecule has 4 N–H and O–H groups in total. The largest absolute Gasteiger partial charge is 0.357 e. The summed E-state index contributed by atoms with van der Waals surface area (Å²) in [5.74, 6) is -0.428. The van der Waals surface area contributed by atoms with Crippen LogP contribution >= 0.6 is 0 Å². The molecule has 1 unspecified atom stereocenters. The van der Waals surface area contributed by atoms with E-state index < -0.39 is 11.5 Å². The van der Waals surface area contributed by atoms with Crippen LogP contribution < -0.4 is 16.4 Å². The second-order valence-electron chi connectivity index (χ2n) is 3.90. The highest BCUT2D eigenvalue weighted by Gasteiger charge is 2.27. The van der Waals surface area contributed by atoms with Crippen molar-refractivity contribution in [3.05, 3.63) is 0 Å². The van der Waals surface area contributed by atoms with Crippen LogP contribution in [0.2, 0.25) is 0 Å². The second kappa shape index (κ2) is 4.95. The fraction of sp³-hybridized carbons (Fsp3) is 0.778. The minimum Gasteiger partial charge on any atom is -0.357 e. The van der Waals surface area contributed by atoms with Gasteiger partial charge >= 0.3 is 0 Å². The van der Waals surface area contributed by atoms with E-state index in [2.05, 4.69) is 10.6 Å². The number of hydrogen-bond acceptors (Lipinski definition) is 3. The Labute approximate surface area is 84.4 Å². The van der Waals surface area contributed by atoms with Crippen LogP contribution in [0.25, 0.3) is 0 Å². The lowest BCUT2D eigenvalue weighted by Crippen LogP contribution is -2.50. The van der Waals surface area contributed by atoms with E-state index in [0.29, 0.717) is 0 Å². The lowest BCUT2D eigenvalue weighted by molar-refractivity contribution is -0.133. The van der Waals surface area contributed by atoms with Gasteiger partial charge in [-0.3, -0.25) is 9.59 Å². The minimum absolute atomic E-state index is 0.212. The molecule has 0 radical (unpaired) electrons. The molecular formula is C9H19N3O2. The summed E-state index contributed by atoms with van der Waals surface area (Å²) in [7, 11) is 1.53. The zero-order valence-corrected chi connectivity index (χ0v) is 9.18. The van der Waals surface area contributed by atoms with E-state index in [1.165, 1.54) is 7.05 Å². The van der Waals surface area contributed by atoms with Crippen molar-refractivity contribution in [3.63, 3.8) is 0 Å². The summed E-state index contributed by atoms with van der Waals surface area (Å²) in [6.45, 7) is 5.35. The number of likely N-dealkylation sites (N-methyl/N-ethyl adjacent to an activating group) is 1. The highest BCUT2D eigenvalue weighted by molar-refractivity contribution is 5.89. The molecule has 14 heavy (non-hydrogen) atoms. The van der Waals surface area contributed by atoms with Crippen molar-refractivity contribution in [2.75, 3.05) is 13.6 Å². The number of carbonyl (C=O) groups is 2. The van der Waals surface area contributed by atoms with Crippen LogP contribution in [0.15, 0.2) is 0 Å². The lowest BCUT2D eigenvalue weighted by atomic mass is 9.92. The fourth-order valence-corrected chi connectivity index (χ4v) is 0.767. The predicted molar refractivity (Wildman–Crippen MR) is 54.5 cm³/mol. The molecule has 0 aromatic heterocycles. The highest BCUT2D eigenvalue weighted by atomic mass is 16.2. The molecular weight excluding hydrogens is 182 g/mol. The number of nitrogens with one attached hydrogen (secondary N) is 2. The summed E-state index contributed by atoms with van der Waals surface area (Å²) in [4.78, 5) is 22.7. The summed E-state index contributed by atoms with van der Waals surface area (Å²) in [6.07, 6.45) is 0. The van der Waals surface area contributed by atoms with E-state index in [1.54, 1.807) is 20.8 Å². The summed E-state index contributed by atoms with van der Waals surface area (Å²) < 4.78 is 0. The Morgan fingerprint density at radius 3 is 2.29 bits per heavy atom. The van der Waals surface area contributed by atoms with Gasteiger partial charge < -0.3 is 16.4 Å². The molecule has 0 rings (SSSR count). The van der Waals surface area contributed by atoms with E-state index >= 15 is 0 Å². The fourth-order valence-electron chi connectivity index (χ4n) is 0.767. The van der Waals surface area contributed by atoms with Crippen molar-refractivity contribution in [2.45, 2.75) is 26.8 Å². The molecule has 0 spiro atoms. The maximum atomic E-state index is 11.6. The first-order chi connectivity index (χ1) is 6.35. The monoisotopic (exact) mass is 201 g/mol. The van der Waals surface area contributed by atoms with E-state index in [1.807, 2.05) is 0 Å². The Hall–Kier alpha value is -1.10. The lowest BCUT2D eigenvalue weighted by Gasteiger charge is -2.23. The highest BCUT2D eigenvalue weighted by Crippen LogP contribution is 2.12. The molecule has 0 saturated carbocycles. The molecule has 82 valence electrons. The minimum atomic E-state index is -0.637. The number of amides is 2. The molecule has 2 amide bonds. The second-order valence-corrected chi connectivity index (χ2v) is 3.90. The van der Waals surface area contributed by atoms with Gasteiger partial charge in [0.1, 0.15) is 6.04 Å². The molecule has 0 saturated heterocycles. The molecule has 0 aliphatic rings. The first-order valence-electron chi connectivity index (χ1n) is 4.57. The third-order valence-corrected chi connectivity index (χ3v) is 2.11. The topological polar surface area (TPSA) is 84.2 Å². The van der Waals surface area contributed by atoms with Gasteiger partial charge in [0.15, 0.2) is 0 Å². The van der Waals surface area contributed by atoms with Crippen LogP contribution in [-0.4, -0.2) is 31.4 Å². The first-order valence-corrected chi connectivity index (χ1v) is 4.57. The van der Waals surface area contributed by atoms with Gasteiger partial charge in [-0.2, -0.15) is 0 Å². The predicted octanol–water partition coefficient (Wildman–Crippen LogP) is -0.778. The van der Waals surface area contributed by atoms with Crippen molar-refractivity contribution in [1.29, 1.82) is 0 Å². The summed E-state index contributed by atoms with van der Waals surface area (Å²) in [6, 6.07) is -0.529. The molecule has 0 aliphatic carbocycles. The van der Waals surface area contributed by atoms with Crippen molar-refractivity contribution in [1.82, 2.24) is 10.6 Å². The van der Waals surface area contributed by atoms with Crippen molar-refractivity contribution in [3.8, 4) is 0 Å². The van der Waals surface area contributed by atoms with Gasteiger partial charge in [0.25, 0.3) is 0 Å². The van der Waals surface area contributed by atoms with Crippen molar-refractivity contribution < 1.29 is 9.59 Å². The van der Waals surface area contributed by atoms with Crippen LogP contribution in [-0.2, 0) is 9.59 Å². The normalized spacial score (nSPS) is 13.2. The average molecular weight is 201 g/mol. The Balaban J connectivity index is 4.26.